The predicted octanol–water partition coefficient (Wildman–Crippen LogP) is 6.20. The van der Waals surface area contributed by atoms with Crippen LogP contribution in [0.15, 0.2) is 70.6 Å². The fourth-order valence-corrected chi connectivity index (χ4v) is 4.89. The number of rotatable bonds is 7. The Kier molecular flexibility index (Phi) is 7.87. The van der Waals surface area contributed by atoms with Gasteiger partial charge in [-0.15, -0.1) is 0 Å². The zero-order valence-electron chi connectivity index (χ0n) is 19.1. The predicted molar refractivity (Wildman–Crippen MR) is 143 cm³/mol. The van der Waals surface area contributed by atoms with Gasteiger partial charge in [0.25, 0.3) is 5.91 Å². The molecule has 0 unspecified atom stereocenters. The zero-order chi connectivity index (χ0) is 26.7. The molecule has 11 heteroatoms. The fourth-order valence-electron chi connectivity index (χ4n) is 3.29. The van der Waals surface area contributed by atoms with E-state index in [1.807, 2.05) is 0 Å². The molecule has 3 aromatic carbocycles. The van der Waals surface area contributed by atoms with E-state index in [4.69, 9.17) is 38.2 Å². The lowest BCUT2D eigenvalue weighted by Crippen LogP contribution is -2.23. The summed E-state index contributed by atoms with van der Waals surface area (Å²) < 4.78 is 5.76. The lowest BCUT2D eigenvalue weighted by atomic mass is 10.1. The van der Waals surface area contributed by atoms with Crippen LogP contribution in [-0.4, -0.2) is 45.2 Å². The average Bonchev–Trinajstić information content (AvgIpc) is 3.11. The number of halogens is 2. The number of hydrogen-bond acceptors (Lipinski definition) is 6. The molecular weight excluding hydrogens is 539 g/mol. The highest BCUT2D eigenvalue weighted by Gasteiger charge is 2.30. The molecule has 0 saturated carbocycles. The average molecular weight is 557 g/mol. The van der Waals surface area contributed by atoms with Gasteiger partial charge >= 0.3 is 11.9 Å². The Balaban J connectivity index is 1.49. The first kappa shape index (κ1) is 26.3. The van der Waals surface area contributed by atoms with E-state index in [0.29, 0.717) is 21.3 Å². The maximum absolute atomic E-state index is 12.8. The molecule has 1 saturated heterocycles. The van der Waals surface area contributed by atoms with Crippen molar-refractivity contribution in [2.24, 2.45) is 4.99 Å². The number of aromatic carboxylic acids is 2. The van der Waals surface area contributed by atoms with Crippen molar-refractivity contribution in [3.63, 3.8) is 0 Å². The number of amides is 1. The summed E-state index contributed by atoms with van der Waals surface area (Å²) in [6, 6.07) is 15.5. The number of benzene rings is 3. The van der Waals surface area contributed by atoms with Crippen LogP contribution in [0.25, 0.3) is 6.08 Å². The van der Waals surface area contributed by atoms with Crippen molar-refractivity contribution >= 4 is 69.7 Å². The van der Waals surface area contributed by atoms with Crippen molar-refractivity contribution in [3.8, 4) is 5.75 Å². The third kappa shape index (κ3) is 6.14. The Morgan fingerprint density at radius 1 is 0.973 bits per heavy atom. The summed E-state index contributed by atoms with van der Waals surface area (Å²) >= 11 is 14.0. The first-order chi connectivity index (χ1) is 17.6. The fraction of sp³-hybridized carbons (Fsp3) is 0.0769. The van der Waals surface area contributed by atoms with Gasteiger partial charge in [0.05, 0.1) is 31.8 Å². The number of likely N-dealkylation sites (N-methyl/N-ethyl adjacent to an activating group) is 1. The normalized spacial score (nSPS) is 15.4. The molecule has 0 atom stereocenters. The van der Waals surface area contributed by atoms with E-state index >= 15 is 0 Å². The number of ether oxygens (including phenoxy) is 1. The molecule has 37 heavy (non-hydrogen) atoms. The highest BCUT2D eigenvalue weighted by atomic mass is 35.5. The minimum absolute atomic E-state index is 0.131. The molecule has 4 rings (SSSR count). The van der Waals surface area contributed by atoms with Crippen LogP contribution in [0.4, 0.5) is 5.69 Å². The first-order valence-corrected chi connectivity index (χ1v) is 12.2. The lowest BCUT2D eigenvalue weighted by molar-refractivity contribution is -0.121. The SMILES string of the molecule is CN1C(=O)/C(=C/c2cc(Cl)c(OCc3ccc(C(=O)O)cc3)c(Cl)c2)SC1=Nc1ccc(C(=O)O)cc1. The van der Waals surface area contributed by atoms with Gasteiger partial charge < -0.3 is 14.9 Å². The number of aliphatic imine (C=N–C) groups is 1. The van der Waals surface area contributed by atoms with Crippen molar-refractivity contribution in [3.05, 3.63) is 97.9 Å². The molecule has 0 bridgehead atoms. The van der Waals surface area contributed by atoms with Gasteiger partial charge in [-0.1, -0.05) is 35.3 Å². The van der Waals surface area contributed by atoms with E-state index in [1.165, 1.54) is 40.9 Å². The van der Waals surface area contributed by atoms with Crippen LogP contribution >= 0.6 is 35.0 Å². The summed E-state index contributed by atoms with van der Waals surface area (Å²) in [5.41, 5.74) is 2.16. The number of carbonyl (C=O) groups excluding carboxylic acids is 1. The van der Waals surface area contributed by atoms with Crippen LogP contribution in [0.2, 0.25) is 10.0 Å². The molecule has 1 aliphatic rings. The van der Waals surface area contributed by atoms with Crippen molar-refractivity contribution in [2.45, 2.75) is 6.61 Å². The number of carboxylic acids is 2. The number of nitrogens with zero attached hydrogens (tertiary/aromatic N) is 2. The number of carbonyl (C=O) groups is 3. The number of thioether (sulfide) groups is 1. The summed E-state index contributed by atoms with van der Waals surface area (Å²) in [7, 11) is 1.60. The summed E-state index contributed by atoms with van der Waals surface area (Å²) in [5, 5.41) is 19.0. The van der Waals surface area contributed by atoms with Crippen LogP contribution in [-0.2, 0) is 11.4 Å². The lowest BCUT2D eigenvalue weighted by Gasteiger charge is -2.11. The van der Waals surface area contributed by atoms with Crippen LogP contribution in [0.5, 0.6) is 5.75 Å². The van der Waals surface area contributed by atoms with Crippen molar-refractivity contribution < 1.29 is 29.3 Å². The number of carboxylic acid groups (broad SMARTS) is 2. The second-order valence-corrected chi connectivity index (χ2v) is 9.65. The molecule has 2 N–H and O–H groups in total. The van der Waals surface area contributed by atoms with E-state index in [1.54, 1.807) is 49.5 Å². The van der Waals surface area contributed by atoms with Crippen LogP contribution in [0, 0.1) is 0 Å². The zero-order valence-corrected chi connectivity index (χ0v) is 21.5. The van der Waals surface area contributed by atoms with Gasteiger partial charge in [-0.25, -0.2) is 14.6 Å². The highest BCUT2D eigenvalue weighted by molar-refractivity contribution is 8.18. The smallest absolute Gasteiger partial charge is 0.335 e. The number of amidine groups is 1. The minimum Gasteiger partial charge on any atom is -0.486 e. The van der Waals surface area contributed by atoms with Gasteiger partial charge in [-0.2, -0.15) is 0 Å². The summed E-state index contributed by atoms with van der Waals surface area (Å²) in [6.07, 6.45) is 1.64. The van der Waals surface area contributed by atoms with E-state index < -0.39 is 11.9 Å². The van der Waals surface area contributed by atoms with Gasteiger partial charge in [0.2, 0.25) is 0 Å². The number of hydrogen-bond donors (Lipinski definition) is 2. The molecule has 0 aliphatic carbocycles. The van der Waals surface area contributed by atoms with Gasteiger partial charge in [-0.3, -0.25) is 9.69 Å². The van der Waals surface area contributed by atoms with E-state index in [2.05, 4.69) is 4.99 Å². The van der Waals surface area contributed by atoms with Crippen molar-refractivity contribution in [2.75, 3.05) is 7.05 Å². The maximum atomic E-state index is 12.8. The first-order valence-electron chi connectivity index (χ1n) is 10.7. The van der Waals surface area contributed by atoms with Crippen LogP contribution in [0.3, 0.4) is 0 Å². The maximum Gasteiger partial charge on any atom is 0.335 e. The summed E-state index contributed by atoms with van der Waals surface area (Å²) in [4.78, 5) is 41.0. The quantitative estimate of drug-likeness (QED) is 0.332. The second-order valence-electron chi connectivity index (χ2n) is 7.83. The molecule has 0 aromatic heterocycles. The molecule has 0 radical (unpaired) electrons. The van der Waals surface area contributed by atoms with Gasteiger partial charge in [-0.05, 0) is 77.5 Å². The van der Waals surface area contributed by atoms with Gasteiger partial charge in [0, 0.05) is 7.05 Å². The molecular formula is C26H18Cl2N2O6S. The van der Waals surface area contributed by atoms with Crippen LogP contribution < -0.4 is 4.74 Å². The summed E-state index contributed by atoms with van der Waals surface area (Å²) in [5.74, 6) is -2.04. The Hall–Kier alpha value is -3.79. The molecule has 188 valence electrons. The van der Waals surface area contributed by atoms with Crippen molar-refractivity contribution in [1.82, 2.24) is 4.90 Å². The van der Waals surface area contributed by atoms with Gasteiger partial charge in [0.15, 0.2) is 10.9 Å². The van der Waals surface area contributed by atoms with E-state index in [-0.39, 0.29) is 39.4 Å². The molecule has 1 amide bonds. The highest BCUT2D eigenvalue weighted by Crippen LogP contribution is 2.38. The molecule has 1 fully saturated rings. The summed E-state index contributed by atoms with van der Waals surface area (Å²) in [6.45, 7) is 0.131. The third-order valence-corrected chi connectivity index (χ3v) is 6.87. The molecule has 1 heterocycles. The second kappa shape index (κ2) is 11.1. The molecule has 1 aliphatic heterocycles. The monoisotopic (exact) mass is 556 g/mol. The third-order valence-electron chi connectivity index (χ3n) is 5.25. The Labute approximate surface area is 225 Å². The standard InChI is InChI=1S/C26H18Cl2N2O6S/c1-30-23(31)21(37-26(30)29-18-8-6-17(7-9-18)25(34)35)12-15-10-19(27)22(20(28)11-15)36-13-14-2-4-16(5-3-14)24(32)33/h2-12H,13H2,1H3,(H,32,33)(H,34,35)/b21-12-,29-26?. The molecule has 8 nitrogen and oxygen atoms in total. The van der Waals surface area contributed by atoms with E-state index in [0.717, 1.165) is 5.56 Å². The van der Waals surface area contributed by atoms with Crippen LogP contribution in [0.1, 0.15) is 31.8 Å². The molecule has 0 spiro atoms. The Morgan fingerprint density at radius 2 is 1.51 bits per heavy atom. The Bertz CT molecular complexity index is 1430. The Morgan fingerprint density at radius 3 is 2.05 bits per heavy atom. The largest absolute Gasteiger partial charge is 0.486 e. The van der Waals surface area contributed by atoms with Crippen molar-refractivity contribution in [1.29, 1.82) is 0 Å². The van der Waals surface area contributed by atoms with E-state index in [9.17, 15) is 14.4 Å². The minimum atomic E-state index is -1.03. The van der Waals surface area contributed by atoms with Gasteiger partial charge in [0.1, 0.15) is 6.61 Å². The topological polar surface area (TPSA) is 117 Å². The molecule has 3 aromatic rings.